The molecule has 29 heavy (non-hydrogen) atoms. The lowest BCUT2D eigenvalue weighted by Crippen LogP contribution is -2.52. The molecule has 0 radical (unpaired) electrons. The average Bonchev–Trinajstić information content (AvgIpc) is 3.00. The topological polar surface area (TPSA) is 66.4 Å². The van der Waals surface area contributed by atoms with E-state index in [1.54, 1.807) is 0 Å². The lowest BCUT2D eigenvalue weighted by atomic mass is 9.48. The summed E-state index contributed by atoms with van der Waals surface area (Å²) >= 11 is 0. The van der Waals surface area contributed by atoms with Gasteiger partial charge >= 0.3 is 5.97 Å². The summed E-state index contributed by atoms with van der Waals surface area (Å²) < 4.78 is 0. The number of rotatable bonds is 2. The van der Waals surface area contributed by atoms with Gasteiger partial charge in [0, 0.05) is 11.1 Å². The molecule has 2 saturated carbocycles. The highest BCUT2D eigenvalue weighted by atomic mass is 16.4. The number of carboxylic acids is 1. The molecule has 0 spiro atoms. The number of hydrogen-bond donors (Lipinski definition) is 2. The van der Waals surface area contributed by atoms with E-state index in [2.05, 4.69) is 25.2 Å². The van der Waals surface area contributed by atoms with Gasteiger partial charge in [-0.05, 0) is 99.5 Å². The van der Waals surface area contributed by atoms with Crippen molar-refractivity contribution in [1.82, 2.24) is 5.32 Å². The molecule has 160 valence electrons. The number of nitrogens with one attached hydrogen (secondary N) is 1. The highest BCUT2D eigenvalue weighted by Gasteiger charge is 2.57. The molecule has 0 bridgehead atoms. The summed E-state index contributed by atoms with van der Waals surface area (Å²) in [6, 6.07) is 0. The molecule has 4 nitrogen and oxygen atoms in total. The molecule has 0 aromatic heterocycles. The normalized spacial score (nSPS) is 41.4. The maximum atomic E-state index is 13.1. The highest BCUT2D eigenvalue weighted by molar-refractivity contribution is 5.97. The predicted octanol–water partition coefficient (Wildman–Crippen LogP) is 5.10. The molecule has 0 heterocycles. The largest absolute Gasteiger partial charge is 0.478 e. The van der Waals surface area contributed by atoms with Crippen LogP contribution in [0.5, 0.6) is 0 Å². The van der Waals surface area contributed by atoms with E-state index in [0.29, 0.717) is 23.7 Å². The van der Waals surface area contributed by atoms with Crippen LogP contribution in [0.25, 0.3) is 0 Å². The van der Waals surface area contributed by atoms with Crippen LogP contribution in [0.2, 0.25) is 0 Å². The van der Waals surface area contributed by atoms with E-state index in [4.69, 9.17) is 0 Å². The molecule has 0 saturated heterocycles. The van der Waals surface area contributed by atoms with Gasteiger partial charge in [-0.25, -0.2) is 4.79 Å². The van der Waals surface area contributed by atoms with Gasteiger partial charge in [-0.2, -0.15) is 0 Å². The van der Waals surface area contributed by atoms with Crippen molar-refractivity contribution in [3.05, 3.63) is 23.3 Å². The molecule has 1 unspecified atom stereocenters. The van der Waals surface area contributed by atoms with Gasteiger partial charge in [0.15, 0.2) is 0 Å². The van der Waals surface area contributed by atoms with Gasteiger partial charge in [-0.3, -0.25) is 4.79 Å². The Morgan fingerprint density at radius 2 is 1.86 bits per heavy atom. The van der Waals surface area contributed by atoms with Crippen LogP contribution in [0.15, 0.2) is 23.3 Å². The number of carboxylic acid groups (broad SMARTS) is 1. The number of carbonyl (C=O) groups is 2. The van der Waals surface area contributed by atoms with Gasteiger partial charge in [-0.1, -0.05) is 26.3 Å². The van der Waals surface area contributed by atoms with Gasteiger partial charge in [-0.15, -0.1) is 0 Å². The number of hydrogen-bond acceptors (Lipinski definition) is 2. The second-order valence-corrected chi connectivity index (χ2v) is 11.7. The Labute approximate surface area is 175 Å². The second kappa shape index (κ2) is 6.72. The van der Waals surface area contributed by atoms with Crippen molar-refractivity contribution in [1.29, 1.82) is 0 Å². The second-order valence-electron chi connectivity index (χ2n) is 11.7. The standard InChI is InChI=1S/C25H37NO3/c1-23(2,3)26-21(27)18-14-25(5)15(13-17(18)22(28)29)8-9-16-19-7-6-11-24(19,4)12-10-20(16)25/h8,13,16,18-20H,6-7,9-12,14H2,1-5H3,(H,26,27)(H,28,29)/t16-,18?,19-,20-,24-,25-/m0/s1. The zero-order chi connectivity index (χ0) is 21.2. The monoisotopic (exact) mass is 399 g/mol. The summed E-state index contributed by atoms with van der Waals surface area (Å²) in [5.74, 6) is 0.324. The minimum atomic E-state index is -0.962. The first kappa shape index (κ1) is 20.7. The highest BCUT2D eigenvalue weighted by Crippen LogP contribution is 2.64. The molecule has 2 fully saturated rings. The van der Waals surface area contributed by atoms with E-state index >= 15 is 0 Å². The maximum Gasteiger partial charge on any atom is 0.332 e. The zero-order valence-corrected chi connectivity index (χ0v) is 18.7. The smallest absolute Gasteiger partial charge is 0.332 e. The summed E-state index contributed by atoms with van der Waals surface area (Å²) in [5, 5.41) is 12.9. The molecule has 4 rings (SSSR count). The van der Waals surface area contributed by atoms with E-state index in [1.807, 2.05) is 26.8 Å². The van der Waals surface area contributed by atoms with Gasteiger partial charge < -0.3 is 10.4 Å². The van der Waals surface area contributed by atoms with Crippen molar-refractivity contribution in [3.63, 3.8) is 0 Å². The molecule has 0 aromatic carbocycles. The Hall–Kier alpha value is -1.58. The summed E-state index contributed by atoms with van der Waals surface area (Å²) in [6.07, 6.45) is 12.3. The quantitative estimate of drug-likeness (QED) is 0.679. The Balaban J connectivity index is 1.70. The van der Waals surface area contributed by atoms with Crippen molar-refractivity contribution in [2.24, 2.45) is 34.5 Å². The van der Waals surface area contributed by atoms with Crippen molar-refractivity contribution in [3.8, 4) is 0 Å². The molecule has 6 atom stereocenters. The summed E-state index contributed by atoms with van der Waals surface area (Å²) in [5.41, 5.74) is 1.44. The molecule has 0 aliphatic heterocycles. The molecule has 4 heteroatoms. The molecule has 0 aromatic rings. The van der Waals surface area contributed by atoms with Crippen LogP contribution < -0.4 is 5.32 Å². The van der Waals surface area contributed by atoms with E-state index in [0.717, 1.165) is 17.9 Å². The fraction of sp³-hybridized carbons (Fsp3) is 0.760. The summed E-state index contributed by atoms with van der Waals surface area (Å²) in [7, 11) is 0. The third kappa shape index (κ3) is 3.37. The van der Waals surface area contributed by atoms with Crippen LogP contribution in [0.3, 0.4) is 0 Å². The van der Waals surface area contributed by atoms with E-state index in [9.17, 15) is 14.7 Å². The average molecular weight is 400 g/mol. The van der Waals surface area contributed by atoms with Gasteiger partial charge in [0.05, 0.1) is 5.92 Å². The zero-order valence-electron chi connectivity index (χ0n) is 18.7. The number of amides is 1. The maximum absolute atomic E-state index is 13.1. The van der Waals surface area contributed by atoms with Crippen molar-refractivity contribution in [2.75, 3.05) is 0 Å². The summed E-state index contributed by atoms with van der Waals surface area (Å²) in [6.45, 7) is 10.6. The molecule has 4 aliphatic rings. The van der Waals surface area contributed by atoms with Gasteiger partial charge in [0.1, 0.15) is 0 Å². The Kier molecular flexibility index (Phi) is 4.79. The lowest BCUT2D eigenvalue weighted by Gasteiger charge is -2.57. The third-order valence-corrected chi connectivity index (χ3v) is 8.68. The number of aliphatic carboxylic acids is 1. The number of carbonyl (C=O) groups excluding carboxylic acids is 1. The number of allylic oxidation sites excluding steroid dienone is 3. The fourth-order valence-electron chi connectivity index (χ4n) is 7.31. The van der Waals surface area contributed by atoms with Crippen LogP contribution in [-0.2, 0) is 9.59 Å². The summed E-state index contributed by atoms with van der Waals surface area (Å²) in [4.78, 5) is 25.1. The van der Waals surface area contributed by atoms with Crippen LogP contribution in [-0.4, -0.2) is 22.5 Å². The third-order valence-electron chi connectivity index (χ3n) is 8.68. The first-order valence-corrected chi connectivity index (χ1v) is 11.4. The first-order chi connectivity index (χ1) is 13.4. The molecular formula is C25H37NO3. The fourth-order valence-corrected chi connectivity index (χ4v) is 7.31. The minimum Gasteiger partial charge on any atom is -0.478 e. The first-order valence-electron chi connectivity index (χ1n) is 11.4. The Morgan fingerprint density at radius 3 is 2.52 bits per heavy atom. The van der Waals surface area contributed by atoms with Crippen LogP contribution in [0, 0.1) is 34.5 Å². The van der Waals surface area contributed by atoms with Crippen LogP contribution in [0.1, 0.15) is 79.6 Å². The molecule has 2 N–H and O–H groups in total. The molecule has 4 aliphatic carbocycles. The van der Waals surface area contributed by atoms with E-state index in [1.165, 1.54) is 32.1 Å². The van der Waals surface area contributed by atoms with Crippen molar-refractivity contribution < 1.29 is 14.7 Å². The predicted molar refractivity (Wildman–Crippen MR) is 114 cm³/mol. The van der Waals surface area contributed by atoms with Crippen LogP contribution >= 0.6 is 0 Å². The lowest BCUT2D eigenvalue weighted by molar-refractivity contribution is -0.137. The van der Waals surface area contributed by atoms with Gasteiger partial charge in [0.2, 0.25) is 5.91 Å². The number of fused-ring (bicyclic) bond motifs is 5. The van der Waals surface area contributed by atoms with E-state index in [-0.39, 0.29) is 22.4 Å². The van der Waals surface area contributed by atoms with Gasteiger partial charge in [0.25, 0.3) is 0 Å². The molecule has 1 amide bonds. The Bertz CT molecular complexity index is 788. The van der Waals surface area contributed by atoms with Crippen molar-refractivity contribution in [2.45, 2.75) is 85.1 Å². The Morgan fingerprint density at radius 1 is 1.14 bits per heavy atom. The van der Waals surface area contributed by atoms with Crippen LogP contribution in [0.4, 0.5) is 0 Å². The van der Waals surface area contributed by atoms with E-state index < -0.39 is 11.9 Å². The molecular weight excluding hydrogens is 362 g/mol. The van der Waals surface area contributed by atoms with Crippen molar-refractivity contribution >= 4 is 11.9 Å². The SMILES string of the molecule is CC(C)(C)NC(=O)C1C[C@@]2(C)C(=CC[C@H]3[C@@H]4CCC[C@@]4(C)CC[C@@H]32)C=C1C(=O)O. The minimum absolute atomic E-state index is 0.105.